The number of Topliss-reactive ketones (excluding diaryl/α,β-unsaturated/α-hetero) is 1. The Labute approximate surface area is 203 Å². The lowest BCUT2D eigenvalue weighted by molar-refractivity contribution is 0.0935. The molecule has 0 aliphatic rings. The van der Waals surface area contributed by atoms with Gasteiger partial charge in [0.1, 0.15) is 16.5 Å². The number of anilines is 1. The molecule has 3 rings (SSSR count). The number of rotatable bonds is 10. The van der Waals surface area contributed by atoms with Gasteiger partial charge in [0.25, 0.3) is 0 Å². The van der Waals surface area contributed by atoms with Crippen molar-refractivity contribution in [2.45, 2.75) is 38.6 Å². The van der Waals surface area contributed by atoms with Gasteiger partial charge in [0.15, 0.2) is 23.1 Å². The minimum Gasteiger partial charge on any atom is -0.494 e. The Bertz CT molecular complexity index is 1330. The van der Waals surface area contributed by atoms with E-state index in [2.05, 4.69) is 0 Å². The number of halogens is 6. The summed E-state index contributed by atoms with van der Waals surface area (Å²) in [5.74, 6) is -2.64. The maximum Gasteiger partial charge on any atom is 0.310 e. The summed E-state index contributed by atoms with van der Waals surface area (Å²) in [5, 5.41) is 0.157. The van der Waals surface area contributed by atoms with Crippen molar-refractivity contribution in [1.82, 2.24) is 4.57 Å². The third kappa shape index (κ3) is 5.30. The summed E-state index contributed by atoms with van der Waals surface area (Å²) >= 11 is 0. The summed E-state index contributed by atoms with van der Waals surface area (Å²) in [6, 6.07) is 1.36. The molecule has 0 amide bonds. The molecule has 2 aromatic carbocycles. The number of hydrogen-bond acceptors (Lipinski definition) is 5. The van der Waals surface area contributed by atoms with Crippen molar-refractivity contribution < 1.29 is 42.8 Å². The standard InChI is InChI=1S/C23H26F6N2O4S/c1-5-33-16-8-14(9-17(11-16)36(25,26,27,28)29)21(32)13(4)31-12-15-10-18(34-6-2)22(35-7-3)20(24)19(15)23(31)30/h8-13H,5-7,30H2,1-4H3. The van der Waals surface area contributed by atoms with Crippen LogP contribution in [0, 0.1) is 5.82 Å². The van der Waals surface area contributed by atoms with E-state index in [1.54, 1.807) is 13.8 Å². The highest BCUT2D eigenvalue weighted by molar-refractivity contribution is 8.45. The maximum atomic E-state index is 15.3. The second-order valence-corrected chi connectivity index (χ2v) is 10.3. The number of ketones is 1. The van der Waals surface area contributed by atoms with Crippen molar-refractivity contribution in [3.05, 3.63) is 41.8 Å². The van der Waals surface area contributed by atoms with E-state index in [0.717, 1.165) is 10.6 Å². The van der Waals surface area contributed by atoms with E-state index in [9.17, 15) is 24.2 Å². The molecule has 0 aliphatic heterocycles. The highest BCUT2D eigenvalue weighted by Gasteiger charge is 2.65. The average Bonchev–Trinajstić information content (AvgIpc) is 3.10. The minimum absolute atomic E-state index is 0.0858. The zero-order valence-electron chi connectivity index (χ0n) is 19.9. The molecular weight excluding hydrogens is 514 g/mol. The molecule has 0 saturated heterocycles. The summed E-state index contributed by atoms with van der Waals surface area (Å²) in [6.45, 7) is 6.30. The normalized spacial score (nSPS) is 14.7. The second-order valence-electron chi connectivity index (χ2n) is 7.90. The van der Waals surface area contributed by atoms with Crippen LogP contribution in [0.5, 0.6) is 17.2 Å². The van der Waals surface area contributed by atoms with E-state index in [1.807, 2.05) is 0 Å². The lowest BCUT2D eigenvalue weighted by Crippen LogP contribution is -2.18. The molecule has 0 bridgehead atoms. The zero-order chi connectivity index (χ0) is 27.1. The molecule has 1 aromatic heterocycles. The Morgan fingerprint density at radius 3 is 2.14 bits per heavy atom. The molecule has 200 valence electrons. The van der Waals surface area contributed by atoms with Crippen LogP contribution < -0.4 is 19.9 Å². The number of ether oxygens (including phenoxy) is 3. The highest BCUT2D eigenvalue weighted by Crippen LogP contribution is 3.02. The summed E-state index contributed by atoms with van der Waals surface area (Å²) in [7, 11) is -10.1. The number of carbonyl (C=O) groups is 1. The zero-order valence-corrected chi connectivity index (χ0v) is 20.7. The molecular formula is C23H26F6N2O4S. The molecule has 1 atom stereocenters. The van der Waals surface area contributed by atoms with Crippen LogP contribution in [0.4, 0.5) is 29.6 Å². The number of carbonyl (C=O) groups excluding carboxylic acids is 1. The summed E-state index contributed by atoms with van der Waals surface area (Å²) in [6.07, 6.45) is 1.33. The van der Waals surface area contributed by atoms with E-state index in [-0.39, 0.29) is 60.0 Å². The number of aromatic nitrogens is 1. The Kier molecular flexibility index (Phi) is 6.63. The molecule has 36 heavy (non-hydrogen) atoms. The van der Waals surface area contributed by atoms with Crippen LogP contribution in [0.25, 0.3) is 10.8 Å². The second kappa shape index (κ2) is 8.71. The van der Waals surface area contributed by atoms with E-state index in [4.69, 9.17) is 19.9 Å². The Balaban J connectivity index is 2.15. The van der Waals surface area contributed by atoms with Crippen molar-refractivity contribution in [2.75, 3.05) is 25.6 Å². The fourth-order valence-corrected chi connectivity index (χ4v) is 4.44. The van der Waals surface area contributed by atoms with Crippen molar-refractivity contribution in [2.24, 2.45) is 0 Å². The van der Waals surface area contributed by atoms with Crippen molar-refractivity contribution in [1.29, 1.82) is 0 Å². The van der Waals surface area contributed by atoms with Crippen molar-refractivity contribution in [3.63, 3.8) is 0 Å². The molecule has 1 unspecified atom stereocenters. The molecule has 0 saturated carbocycles. The largest absolute Gasteiger partial charge is 0.494 e. The van der Waals surface area contributed by atoms with Crippen LogP contribution >= 0.6 is 10.2 Å². The highest BCUT2D eigenvalue weighted by atomic mass is 32.5. The van der Waals surface area contributed by atoms with Gasteiger partial charge in [-0.25, -0.2) is 4.39 Å². The summed E-state index contributed by atoms with van der Waals surface area (Å²) in [4.78, 5) is 10.9. The van der Waals surface area contributed by atoms with Crippen LogP contribution in [0.15, 0.2) is 35.4 Å². The predicted octanol–water partition coefficient (Wildman–Crippen LogP) is 7.66. The predicted molar refractivity (Wildman–Crippen MR) is 127 cm³/mol. The van der Waals surface area contributed by atoms with Gasteiger partial charge in [-0.2, -0.15) is 0 Å². The van der Waals surface area contributed by atoms with Gasteiger partial charge in [-0.1, -0.05) is 19.4 Å². The number of fused-ring (bicyclic) bond motifs is 1. The van der Waals surface area contributed by atoms with E-state index >= 15 is 4.39 Å². The molecule has 1 heterocycles. The fourth-order valence-electron chi connectivity index (χ4n) is 3.75. The Morgan fingerprint density at radius 2 is 1.58 bits per heavy atom. The molecule has 0 fully saturated rings. The fraction of sp³-hybridized carbons (Fsp3) is 0.348. The minimum atomic E-state index is -10.1. The first-order valence-electron chi connectivity index (χ1n) is 11.0. The van der Waals surface area contributed by atoms with E-state index < -0.39 is 44.1 Å². The number of nitrogen functional groups attached to an aromatic ring is 1. The van der Waals surface area contributed by atoms with Crippen LogP contribution in [0.1, 0.15) is 44.1 Å². The Morgan fingerprint density at radius 1 is 0.972 bits per heavy atom. The molecule has 13 heteroatoms. The third-order valence-corrected chi connectivity index (χ3v) is 6.46. The molecule has 0 radical (unpaired) electrons. The average molecular weight is 541 g/mol. The molecule has 3 aromatic rings. The molecule has 2 N–H and O–H groups in total. The number of hydrogen-bond donors (Lipinski definition) is 1. The van der Waals surface area contributed by atoms with Gasteiger partial charge in [-0.05, 0) is 45.9 Å². The smallest absolute Gasteiger partial charge is 0.310 e. The maximum absolute atomic E-state index is 15.3. The summed E-state index contributed by atoms with van der Waals surface area (Å²) < 4.78 is 99.9. The van der Waals surface area contributed by atoms with E-state index in [1.165, 1.54) is 26.1 Å². The van der Waals surface area contributed by atoms with E-state index in [0.29, 0.717) is 0 Å². The Hall–Kier alpha value is -3.22. The van der Waals surface area contributed by atoms with Gasteiger partial charge < -0.3 is 24.5 Å². The molecule has 0 aliphatic carbocycles. The quantitative estimate of drug-likeness (QED) is 0.211. The van der Waals surface area contributed by atoms with Gasteiger partial charge in [-0.3, -0.25) is 4.79 Å². The first kappa shape index (κ1) is 27.4. The van der Waals surface area contributed by atoms with Gasteiger partial charge in [0.2, 0.25) is 0 Å². The number of benzene rings is 2. The van der Waals surface area contributed by atoms with Gasteiger partial charge in [-0.15, -0.1) is 0 Å². The monoisotopic (exact) mass is 540 g/mol. The number of nitrogens with zero attached hydrogens (tertiary/aromatic N) is 1. The van der Waals surface area contributed by atoms with Crippen LogP contribution in [0.3, 0.4) is 0 Å². The lowest BCUT2D eigenvalue weighted by Gasteiger charge is -2.40. The third-order valence-electron chi connectivity index (χ3n) is 5.34. The van der Waals surface area contributed by atoms with Crippen LogP contribution in [0.2, 0.25) is 0 Å². The SMILES string of the molecule is CCOc1cc(C(=O)C(C)n2cc3cc(OCC)c(OCC)c(F)c3c2N)cc(S(F)(F)(F)(F)F)c1. The molecule has 6 nitrogen and oxygen atoms in total. The van der Waals surface area contributed by atoms with Gasteiger partial charge >= 0.3 is 10.2 Å². The van der Waals surface area contributed by atoms with Gasteiger partial charge in [0, 0.05) is 23.2 Å². The summed E-state index contributed by atoms with van der Waals surface area (Å²) in [5.41, 5.74) is 5.45. The number of nitrogens with two attached hydrogens (primary N) is 1. The molecule has 0 spiro atoms. The first-order chi connectivity index (χ1) is 16.5. The van der Waals surface area contributed by atoms with Crippen molar-refractivity contribution in [3.8, 4) is 17.2 Å². The lowest BCUT2D eigenvalue weighted by atomic mass is 10.0. The van der Waals surface area contributed by atoms with Crippen LogP contribution in [-0.4, -0.2) is 30.2 Å². The van der Waals surface area contributed by atoms with Crippen molar-refractivity contribution >= 4 is 32.6 Å². The first-order valence-corrected chi connectivity index (χ1v) is 12.9. The van der Waals surface area contributed by atoms with Gasteiger partial charge in [0.05, 0.1) is 31.2 Å². The topological polar surface area (TPSA) is 75.7 Å². The van der Waals surface area contributed by atoms with Crippen LogP contribution in [-0.2, 0) is 0 Å².